The van der Waals surface area contributed by atoms with E-state index in [0.29, 0.717) is 11.5 Å². The Bertz CT molecular complexity index is 3440. The first-order chi connectivity index (χ1) is 33.6. The van der Waals surface area contributed by atoms with Crippen molar-refractivity contribution in [2.75, 3.05) is 9.80 Å². The van der Waals surface area contributed by atoms with Crippen LogP contribution in [0.3, 0.4) is 0 Å². The van der Waals surface area contributed by atoms with Crippen molar-refractivity contribution in [1.82, 2.24) is 9.55 Å². The number of hydrogen-bond acceptors (Lipinski definition) is 4. The molecular formula is C66H67N4OPt-3. The summed E-state index contributed by atoms with van der Waals surface area (Å²) in [6.07, 6.45) is 1.94. The Hall–Kier alpha value is -6.42. The van der Waals surface area contributed by atoms with Crippen molar-refractivity contribution in [2.24, 2.45) is 0 Å². The molecule has 0 spiro atoms. The Morgan fingerprint density at radius 1 is 0.444 bits per heavy atom. The summed E-state index contributed by atoms with van der Waals surface area (Å²) in [4.78, 5) is 9.68. The summed E-state index contributed by atoms with van der Waals surface area (Å²) in [5.74, 6) is 2.05. The van der Waals surface area contributed by atoms with Crippen molar-refractivity contribution in [3.63, 3.8) is 0 Å². The molecule has 0 atom stereocenters. The van der Waals surface area contributed by atoms with Crippen molar-refractivity contribution < 1.29 is 25.8 Å². The Kier molecular flexibility index (Phi) is 13.0. The predicted molar refractivity (Wildman–Crippen MR) is 297 cm³/mol. The molecule has 9 aromatic rings. The van der Waals surface area contributed by atoms with Crippen LogP contribution in [-0.2, 0) is 48.1 Å². The predicted octanol–water partition coefficient (Wildman–Crippen LogP) is 17.5. The second-order valence-corrected chi connectivity index (χ2v) is 23.6. The number of fused-ring (bicyclic) bond motifs is 4. The second kappa shape index (κ2) is 18.6. The van der Waals surface area contributed by atoms with Gasteiger partial charge in [-0.25, -0.2) is 4.98 Å². The van der Waals surface area contributed by atoms with Gasteiger partial charge in [-0.15, -0.1) is 53.6 Å². The third kappa shape index (κ3) is 9.42. The number of hydrogen-bond donors (Lipinski definition) is 0. The molecule has 1 aliphatic rings. The van der Waals surface area contributed by atoms with Crippen LogP contribution in [-0.4, -0.2) is 9.55 Å². The zero-order valence-corrected chi connectivity index (χ0v) is 46.5. The van der Waals surface area contributed by atoms with Gasteiger partial charge >= 0.3 is 0 Å². The molecule has 0 amide bonds. The quantitative estimate of drug-likeness (QED) is 0.135. The van der Waals surface area contributed by atoms with Gasteiger partial charge in [0, 0.05) is 72.2 Å². The maximum absolute atomic E-state index is 7.01. The van der Waals surface area contributed by atoms with Gasteiger partial charge in [0.15, 0.2) is 0 Å². The minimum absolute atomic E-state index is 0. The third-order valence-corrected chi connectivity index (χ3v) is 14.8. The maximum atomic E-state index is 7.01. The van der Waals surface area contributed by atoms with Crippen molar-refractivity contribution in [3.8, 4) is 17.3 Å². The largest absolute Gasteiger partial charge is 0.509 e. The van der Waals surface area contributed by atoms with Crippen LogP contribution in [0.25, 0.3) is 27.6 Å². The van der Waals surface area contributed by atoms with Crippen molar-refractivity contribution in [1.29, 1.82) is 0 Å². The number of ether oxygens (including phenoxy) is 1. The van der Waals surface area contributed by atoms with Gasteiger partial charge in [0.05, 0.1) is 0 Å². The molecule has 2 aromatic heterocycles. The molecule has 7 aromatic carbocycles. The minimum atomic E-state index is -0.261. The zero-order valence-electron chi connectivity index (χ0n) is 44.2. The summed E-state index contributed by atoms with van der Waals surface area (Å²) in [5.41, 5.74) is 14.1. The summed E-state index contributed by atoms with van der Waals surface area (Å²) in [6, 6.07) is 64.7. The fraction of sp³-hybridized carbons (Fsp3) is 0.273. The van der Waals surface area contributed by atoms with Gasteiger partial charge in [0.2, 0.25) is 0 Å². The molecule has 370 valence electrons. The smallest absolute Gasteiger partial charge is 0.135 e. The summed E-state index contributed by atoms with van der Waals surface area (Å²) in [6.45, 7) is 31.8. The number of aromatic nitrogens is 2. The van der Waals surface area contributed by atoms with Crippen LogP contribution in [0, 0.1) is 18.8 Å². The number of nitrogens with zero attached hydrogens (tertiary/aromatic N) is 4. The van der Waals surface area contributed by atoms with Crippen LogP contribution < -0.4 is 14.5 Å². The van der Waals surface area contributed by atoms with E-state index in [1.807, 2.05) is 6.20 Å². The summed E-state index contributed by atoms with van der Waals surface area (Å²) in [5, 5.41) is 2.21. The van der Waals surface area contributed by atoms with E-state index in [4.69, 9.17) is 9.72 Å². The average Bonchev–Trinajstić information content (AvgIpc) is 3.89. The van der Waals surface area contributed by atoms with Crippen LogP contribution in [0.15, 0.2) is 164 Å². The van der Waals surface area contributed by atoms with E-state index in [-0.39, 0.29) is 48.1 Å². The summed E-state index contributed by atoms with van der Waals surface area (Å²) in [7, 11) is 0. The van der Waals surface area contributed by atoms with Crippen molar-refractivity contribution in [3.05, 3.63) is 222 Å². The molecular weight excluding hydrogens is 1060 g/mol. The van der Waals surface area contributed by atoms with E-state index in [9.17, 15) is 0 Å². The standard InChI is InChI=1S/C66H67N4O.Pt/c1-62(2,3)46-25-20-26-51(35-46)68-43-69(60-39-47(63(4,5)6)27-32-58(60)68)52-36-50(64(7,8)9)37-54(41-52)71-53-29-30-55-56-38-48(65(10,11)44-21-16-14-17-22-44)28-31-57(56)70(59(55)42-53)61-40-49(33-34-67-61)66(12,13)45-23-18-15-19-24-45;/h14-40,43H,1-13H3;/q-3;. The third-order valence-electron chi connectivity index (χ3n) is 14.8. The van der Waals surface area contributed by atoms with E-state index >= 15 is 0 Å². The van der Waals surface area contributed by atoms with Crippen LogP contribution in [0.2, 0.25) is 0 Å². The van der Waals surface area contributed by atoms with Crippen LogP contribution in [0.5, 0.6) is 11.5 Å². The molecule has 0 bridgehead atoms. The molecule has 0 fully saturated rings. The second-order valence-electron chi connectivity index (χ2n) is 23.6. The Morgan fingerprint density at radius 2 is 1.04 bits per heavy atom. The van der Waals surface area contributed by atoms with Crippen LogP contribution in [0.1, 0.15) is 129 Å². The van der Waals surface area contributed by atoms with Crippen LogP contribution >= 0.6 is 0 Å². The molecule has 0 saturated heterocycles. The monoisotopic (exact) mass is 1130 g/mol. The molecule has 0 saturated carbocycles. The summed E-state index contributed by atoms with van der Waals surface area (Å²) < 4.78 is 9.27. The van der Waals surface area contributed by atoms with Gasteiger partial charge in [-0.05, 0) is 97.5 Å². The van der Waals surface area contributed by atoms with E-state index in [1.165, 1.54) is 33.4 Å². The molecule has 0 N–H and O–H groups in total. The Balaban J connectivity index is 0.00000640. The van der Waals surface area contributed by atoms with E-state index in [0.717, 1.165) is 55.9 Å². The first-order valence-electron chi connectivity index (χ1n) is 25.1. The normalized spacial score (nSPS) is 13.4. The molecule has 0 aliphatic carbocycles. The van der Waals surface area contributed by atoms with E-state index < -0.39 is 0 Å². The fourth-order valence-electron chi connectivity index (χ4n) is 9.99. The van der Waals surface area contributed by atoms with Gasteiger partial charge in [-0.3, -0.25) is 0 Å². The molecule has 72 heavy (non-hydrogen) atoms. The van der Waals surface area contributed by atoms with Crippen molar-refractivity contribution >= 4 is 44.6 Å². The van der Waals surface area contributed by atoms with Gasteiger partial charge in [-0.1, -0.05) is 187 Å². The SMILES string of the molecule is CC(C)(C)c1cc(Oc2[c-]c3c(cc2)c2cc(C(C)(C)c4ccccc4)ccc2n3-c2cc(C(C)(C)c3ccccc3)ccn2)[c-]c(N2[CH-]N(c3cccc(C(C)(C)C)c3)c3ccc(C(C)(C)C)cc32)c1.[Pt]. The molecule has 0 radical (unpaired) electrons. The summed E-state index contributed by atoms with van der Waals surface area (Å²) >= 11 is 0. The fourth-order valence-corrected chi connectivity index (χ4v) is 9.99. The van der Waals surface area contributed by atoms with Gasteiger partial charge < -0.3 is 19.1 Å². The Labute approximate surface area is 443 Å². The van der Waals surface area contributed by atoms with Gasteiger partial charge in [0.1, 0.15) is 5.82 Å². The molecule has 5 nitrogen and oxygen atoms in total. The van der Waals surface area contributed by atoms with Gasteiger partial charge in [0.25, 0.3) is 0 Å². The number of benzene rings is 7. The van der Waals surface area contributed by atoms with Crippen molar-refractivity contribution in [2.45, 2.75) is 117 Å². The first-order valence-corrected chi connectivity index (χ1v) is 25.1. The molecule has 3 heterocycles. The zero-order chi connectivity index (χ0) is 50.3. The maximum Gasteiger partial charge on any atom is 0.135 e. The molecule has 6 heteroatoms. The molecule has 10 rings (SSSR count). The topological polar surface area (TPSA) is 33.5 Å². The van der Waals surface area contributed by atoms with E-state index in [2.05, 4.69) is 281 Å². The number of pyridine rings is 1. The first kappa shape index (κ1) is 50.5. The average molecular weight is 1130 g/mol. The molecule has 0 unspecified atom stereocenters. The Morgan fingerprint density at radius 3 is 1.68 bits per heavy atom. The number of anilines is 4. The minimum Gasteiger partial charge on any atom is -0.509 e. The molecule has 1 aliphatic heterocycles. The number of rotatable bonds is 9. The van der Waals surface area contributed by atoms with Crippen LogP contribution in [0.4, 0.5) is 22.7 Å². The van der Waals surface area contributed by atoms with Gasteiger partial charge in [-0.2, -0.15) is 6.07 Å². The van der Waals surface area contributed by atoms with E-state index in [1.54, 1.807) is 0 Å².